The second-order valence-corrected chi connectivity index (χ2v) is 18.5. The van der Waals surface area contributed by atoms with Gasteiger partial charge in [0.2, 0.25) is 5.91 Å². The number of hydrogen-bond donors (Lipinski definition) is 3. The van der Waals surface area contributed by atoms with E-state index in [9.17, 15) is 19.5 Å². The molecule has 1 aliphatic carbocycles. The summed E-state index contributed by atoms with van der Waals surface area (Å²) in [4.78, 5) is 46.0. The Kier molecular flexibility index (Phi) is 11.2. The first-order valence-corrected chi connectivity index (χ1v) is 22.8. The minimum Gasteiger partial charge on any atom is -0.507 e. The maximum absolute atomic E-state index is 16.5. The van der Waals surface area contributed by atoms with E-state index in [4.69, 9.17) is 10.5 Å². The summed E-state index contributed by atoms with van der Waals surface area (Å²) in [6.45, 7) is 4.38. The lowest BCUT2D eigenvalue weighted by Crippen LogP contribution is -2.51. The first-order valence-electron chi connectivity index (χ1n) is 22.8. The number of phenols is 1. The van der Waals surface area contributed by atoms with E-state index in [2.05, 4.69) is 48.2 Å². The highest BCUT2D eigenvalue weighted by molar-refractivity contribution is 6.06. The fraction of sp³-hybridized carbons (Fsp3) is 0.449. The van der Waals surface area contributed by atoms with Crippen molar-refractivity contribution in [1.29, 1.82) is 0 Å². The van der Waals surface area contributed by atoms with Gasteiger partial charge in [0.15, 0.2) is 5.82 Å². The number of ether oxygens (including phenoxy) is 1. The Labute approximate surface area is 372 Å². The molecular weight excluding hydrogens is 814 g/mol. The lowest BCUT2D eigenvalue weighted by Gasteiger charge is -2.41. The molecule has 1 saturated carbocycles. The van der Waals surface area contributed by atoms with Gasteiger partial charge in [-0.3, -0.25) is 19.8 Å². The first kappa shape index (κ1) is 41.9. The molecule has 6 heterocycles. The smallest absolute Gasteiger partial charge is 0.328 e. The summed E-state index contributed by atoms with van der Waals surface area (Å²) in [6.07, 6.45) is 8.13. The molecule has 2 unspecified atom stereocenters. The Morgan fingerprint density at radius 3 is 2.41 bits per heavy atom. The van der Waals surface area contributed by atoms with Crippen LogP contribution in [0.4, 0.5) is 26.4 Å². The van der Waals surface area contributed by atoms with Gasteiger partial charge in [0.05, 0.1) is 17.5 Å². The average molecular weight is 870 g/mol. The highest BCUT2D eigenvalue weighted by Gasteiger charge is 2.39. The number of anilines is 3. The van der Waals surface area contributed by atoms with Gasteiger partial charge in [-0.1, -0.05) is 24.3 Å². The zero-order valence-corrected chi connectivity index (χ0v) is 36.3. The van der Waals surface area contributed by atoms with E-state index in [1.807, 2.05) is 42.5 Å². The number of aromatic hydroxyl groups is 1. The predicted octanol–water partition coefficient (Wildman–Crippen LogP) is 7.00. The van der Waals surface area contributed by atoms with Crippen LogP contribution in [0.5, 0.6) is 5.75 Å². The van der Waals surface area contributed by atoms with Crippen molar-refractivity contribution in [2.45, 2.75) is 81.0 Å². The Hall–Kier alpha value is -6.06. The number of alkyl halides is 1. The van der Waals surface area contributed by atoms with Crippen LogP contribution < -0.4 is 20.9 Å². The van der Waals surface area contributed by atoms with Gasteiger partial charge in [-0.15, -0.1) is 10.2 Å². The summed E-state index contributed by atoms with van der Waals surface area (Å²) in [5, 5.41) is 22.5. The predicted molar refractivity (Wildman–Crippen MR) is 243 cm³/mol. The van der Waals surface area contributed by atoms with Crippen LogP contribution in [0, 0.1) is 0 Å². The molecule has 5 aliphatic rings. The minimum atomic E-state index is -1.35. The summed E-state index contributed by atoms with van der Waals surface area (Å²) < 4.78 is 24.8. The van der Waals surface area contributed by atoms with Crippen LogP contribution in [0.2, 0.25) is 0 Å². The zero-order valence-electron chi connectivity index (χ0n) is 36.3. The van der Waals surface area contributed by atoms with Crippen molar-refractivity contribution < 1.29 is 28.6 Å². The number of nitrogens with zero attached hydrogens (tertiary/aromatic N) is 7. The molecule has 4 amide bonds. The van der Waals surface area contributed by atoms with Gasteiger partial charge < -0.3 is 34.8 Å². The average Bonchev–Trinajstić information content (AvgIpc) is 4.09. The lowest BCUT2D eigenvalue weighted by atomic mass is 9.88. The standard InChI is InChI=1S/C49H56FN9O5/c1-64-37-24-34(27-57(28-37)43-26-41(53-54-46(43)51)38-4-2-3-5-44(38)60)31-6-10-33(11-7-31)47(62)56-22-17-49(50,18-23-56)30-55-19-14-35(15-20-55)59-29-40(32-8-9-32)39-25-36(12-13-42(39)59)58-21-16-45(61)52-48(58)63/h2-7,10-13,25-26,29,32,34-35,37,60H,8-9,14-24,27-28,30H2,1H3,(H2,51,54)(H,52,61,63). The van der Waals surface area contributed by atoms with Crippen LogP contribution in [0.1, 0.15) is 90.7 Å². The number of fused-ring (bicyclic) bond motifs is 1. The van der Waals surface area contributed by atoms with E-state index >= 15 is 4.39 Å². The molecule has 334 valence electrons. The number of urea groups is 1. The number of phenolic OH excluding ortho intramolecular Hbond substituents is 1. The third kappa shape index (κ3) is 8.38. The van der Waals surface area contributed by atoms with Crippen LogP contribution in [-0.4, -0.2) is 119 Å². The van der Waals surface area contributed by atoms with E-state index in [0.29, 0.717) is 93.1 Å². The van der Waals surface area contributed by atoms with Gasteiger partial charge in [0.25, 0.3) is 5.91 Å². The SMILES string of the molecule is COC1CC(c2ccc(C(=O)N3CCC(F)(CN4CCC(n5cc(C6CC6)c6cc(N7CCC(=O)NC7=O)ccc65)CC4)CC3)cc2)CN(c2cc(-c3ccccc3O)nnc2N)C1. The van der Waals surface area contributed by atoms with Gasteiger partial charge in [0.1, 0.15) is 11.4 Å². The molecule has 2 aromatic heterocycles. The molecule has 4 aliphatic heterocycles. The number of benzene rings is 3. The first-order chi connectivity index (χ1) is 31.0. The molecule has 5 aromatic rings. The maximum atomic E-state index is 16.5. The molecule has 0 spiro atoms. The number of carbonyl (C=O) groups is 3. The van der Waals surface area contributed by atoms with Crippen molar-refractivity contribution in [3.8, 4) is 17.0 Å². The van der Waals surface area contributed by atoms with Gasteiger partial charge >= 0.3 is 6.03 Å². The minimum absolute atomic E-state index is 0.0656. The molecule has 15 heteroatoms. The number of amides is 4. The fourth-order valence-corrected chi connectivity index (χ4v) is 10.5. The molecule has 14 nitrogen and oxygen atoms in total. The fourth-order valence-electron chi connectivity index (χ4n) is 10.5. The molecule has 0 bridgehead atoms. The van der Waals surface area contributed by atoms with Crippen molar-refractivity contribution >= 4 is 45.9 Å². The topological polar surface area (TPSA) is 162 Å². The van der Waals surface area contributed by atoms with E-state index in [1.165, 1.54) is 10.9 Å². The van der Waals surface area contributed by atoms with Gasteiger partial charge in [-0.25, -0.2) is 9.18 Å². The van der Waals surface area contributed by atoms with Crippen LogP contribution in [0.25, 0.3) is 22.2 Å². The number of rotatable bonds is 10. The lowest BCUT2D eigenvalue weighted by molar-refractivity contribution is -0.120. The Morgan fingerprint density at radius 2 is 1.69 bits per heavy atom. The monoisotopic (exact) mass is 869 g/mol. The van der Waals surface area contributed by atoms with Crippen molar-refractivity contribution in [3.05, 3.63) is 95.7 Å². The molecule has 10 rings (SSSR count). The quantitative estimate of drug-likeness (QED) is 0.133. The third-order valence-corrected chi connectivity index (χ3v) is 14.3. The Morgan fingerprint density at radius 1 is 0.922 bits per heavy atom. The summed E-state index contributed by atoms with van der Waals surface area (Å²) in [6, 6.07) is 22.8. The molecular formula is C49H56FN9O5. The van der Waals surface area contributed by atoms with Crippen molar-refractivity contribution in [2.75, 3.05) is 75.0 Å². The van der Waals surface area contributed by atoms with Crippen LogP contribution >= 0.6 is 0 Å². The van der Waals surface area contributed by atoms with E-state index in [0.717, 1.165) is 67.6 Å². The number of nitrogens with two attached hydrogens (primary N) is 1. The van der Waals surface area contributed by atoms with Gasteiger partial charge in [-0.05, 0) is 97.7 Å². The Bertz CT molecular complexity index is 2560. The second-order valence-electron chi connectivity index (χ2n) is 18.5. The van der Waals surface area contributed by atoms with Crippen molar-refractivity contribution in [3.63, 3.8) is 0 Å². The highest BCUT2D eigenvalue weighted by Crippen LogP contribution is 2.46. The maximum Gasteiger partial charge on any atom is 0.328 e. The van der Waals surface area contributed by atoms with Crippen LogP contribution in [-0.2, 0) is 9.53 Å². The number of nitrogens with one attached hydrogen (secondary N) is 1. The Balaban J connectivity index is 0.739. The van der Waals surface area contributed by atoms with Crippen LogP contribution in [0.15, 0.2) is 79.0 Å². The molecule has 3 aromatic carbocycles. The molecule has 0 radical (unpaired) electrons. The highest BCUT2D eigenvalue weighted by atomic mass is 19.1. The van der Waals surface area contributed by atoms with E-state index < -0.39 is 5.67 Å². The summed E-state index contributed by atoms with van der Waals surface area (Å²) >= 11 is 0. The number of carbonyl (C=O) groups excluding carboxylic acids is 3. The molecule has 4 saturated heterocycles. The van der Waals surface area contributed by atoms with Gasteiger partial charge in [0, 0.05) is 125 Å². The van der Waals surface area contributed by atoms with Gasteiger partial charge in [-0.2, -0.15) is 0 Å². The molecule has 4 N–H and O–H groups in total. The number of methoxy groups -OCH3 is 1. The number of imide groups is 1. The summed E-state index contributed by atoms with van der Waals surface area (Å²) in [5.41, 5.74) is 11.8. The zero-order chi connectivity index (χ0) is 44.1. The second kappa shape index (κ2) is 17.1. The number of aromatic nitrogens is 3. The van der Waals surface area contributed by atoms with Crippen LogP contribution in [0.3, 0.4) is 0 Å². The third-order valence-electron chi connectivity index (χ3n) is 14.3. The number of likely N-dealkylation sites (tertiary alicyclic amines) is 2. The number of hydrogen-bond acceptors (Lipinski definition) is 10. The number of piperidine rings is 3. The number of nitrogen functional groups attached to an aromatic ring is 1. The molecule has 5 fully saturated rings. The van der Waals surface area contributed by atoms with Crippen molar-refractivity contribution in [2.24, 2.45) is 0 Å². The largest absolute Gasteiger partial charge is 0.507 e. The summed E-state index contributed by atoms with van der Waals surface area (Å²) in [5.74, 6) is 0.724. The van der Waals surface area contributed by atoms with E-state index in [1.54, 1.807) is 35.1 Å². The number of halogens is 1. The van der Waals surface area contributed by atoms with Crippen molar-refractivity contribution in [1.82, 2.24) is 29.9 Å². The number of para-hydroxylation sites is 1. The summed E-state index contributed by atoms with van der Waals surface area (Å²) in [7, 11) is 1.71. The molecule has 2 atom stereocenters. The molecule has 64 heavy (non-hydrogen) atoms. The normalized spacial score (nSPS) is 22.2. The van der Waals surface area contributed by atoms with E-state index in [-0.39, 0.29) is 35.6 Å².